The minimum atomic E-state index is -3.75. The monoisotopic (exact) mass is 258 g/mol. The van der Waals surface area contributed by atoms with Crippen molar-refractivity contribution in [1.29, 1.82) is 5.26 Å². The van der Waals surface area contributed by atoms with E-state index >= 15 is 0 Å². The van der Waals surface area contributed by atoms with Crippen molar-refractivity contribution >= 4 is 10.0 Å². The van der Waals surface area contributed by atoms with Gasteiger partial charge in [0, 0.05) is 0 Å². The largest absolute Gasteiger partial charge is 0.270 e. The van der Waals surface area contributed by atoms with Crippen LogP contribution in [0.2, 0.25) is 0 Å². The molecule has 2 aromatic carbocycles. The van der Waals surface area contributed by atoms with Crippen molar-refractivity contribution in [2.24, 2.45) is 0 Å². The van der Waals surface area contributed by atoms with Crippen molar-refractivity contribution in [3.05, 3.63) is 54.6 Å². The smallest absolute Gasteiger partial charge is 0.215 e. The lowest BCUT2D eigenvalue weighted by atomic mass is 10.1. The SMILES string of the molecule is N#CNS(=O)(=O)c1cccc(-c2ccccc2)c1. The third-order valence-electron chi connectivity index (χ3n) is 2.43. The van der Waals surface area contributed by atoms with Crippen molar-refractivity contribution in [3.63, 3.8) is 0 Å². The summed E-state index contributed by atoms with van der Waals surface area (Å²) in [6.45, 7) is 0. The van der Waals surface area contributed by atoms with Crippen molar-refractivity contribution in [1.82, 2.24) is 4.72 Å². The number of rotatable bonds is 3. The summed E-state index contributed by atoms with van der Waals surface area (Å²) in [5.74, 6) is 0. The van der Waals surface area contributed by atoms with Gasteiger partial charge in [0.15, 0.2) is 6.19 Å². The second-order valence-corrected chi connectivity index (χ2v) is 5.29. The molecule has 0 fully saturated rings. The van der Waals surface area contributed by atoms with E-state index in [1.165, 1.54) is 18.3 Å². The second-order valence-electron chi connectivity index (χ2n) is 3.61. The minimum absolute atomic E-state index is 0.0744. The Bertz CT molecular complexity index is 688. The first kappa shape index (κ1) is 12.1. The summed E-state index contributed by atoms with van der Waals surface area (Å²) in [4.78, 5) is 0.0744. The van der Waals surface area contributed by atoms with Gasteiger partial charge in [-0.15, -0.1) is 0 Å². The first-order valence-electron chi connectivity index (χ1n) is 5.20. The van der Waals surface area contributed by atoms with E-state index in [1.807, 2.05) is 36.4 Å². The molecule has 90 valence electrons. The lowest BCUT2D eigenvalue weighted by Gasteiger charge is -2.05. The first-order chi connectivity index (χ1) is 8.63. The van der Waals surface area contributed by atoms with Crippen molar-refractivity contribution in [2.75, 3.05) is 0 Å². The van der Waals surface area contributed by atoms with Gasteiger partial charge in [-0.3, -0.25) is 0 Å². The standard InChI is InChI=1S/C13H10N2O2S/c14-10-15-18(16,17)13-8-4-7-12(9-13)11-5-2-1-3-6-11/h1-9,15H. The van der Waals surface area contributed by atoms with Crippen LogP contribution in [-0.2, 0) is 10.0 Å². The summed E-state index contributed by atoms with van der Waals surface area (Å²) >= 11 is 0. The zero-order valence-electron chi connectivity index (χ0n) is 9.37. The lowest BCUT2D eigenvalue weighted by Crippen LogP contribution is -2.17. The molecule has 0 aliphatic heterocycles. The van der Waals surface area contributed by atoms with Crippen LogP contribution < -0.4 is 4.72 Å². The molecule has 0 heterocycles. The third kappa shape index (κ3) is 2.50. The first-order valence-corrected chi connectivity index (χ1v) is 6.68. The number of sulfonamides is 1. The van der Waals surface area contributed by atoms with E-state index in [-0.39, 0.29) is 4.90 Å². The Balaban J connectivity index is 2.47. The Kier molecular flexibility index (Phi) is 3.31. The summed E-state index contributed by atoms with van der Waals surface area (Å²) in [6.07, 6.45) is 1.43. The maximum Gasteiger partial charge on any atom is 0.270 e. The second kappa shape index (κ2) is 4.90. The van der Waals surface area contributed by atoms with Gasteiger partial charge in [-0.25, -0.2) is 13.1 Å². The quantitative estimate of drug-likeness (QED) is 0.677. The number of hydrogen-bond acceptors (Lipinski definition) is 3. The molecular weight excluding hydrogens is 248 g/mol. The number of nitriles is 1. The van der Waals surface area contributed by atoms with Crippen molar-refractivity contribution in [3.8, 4) is 17.3 Å². The van der Waals surface area contributed by atoms with Gasteiger partial charge >= 0.3 is 0 Å². The summed E-state index contributed by atoms with van der Waals surface area (Å²) in [6, 6.07) is 15.9. The Morgan fingerprint density at radius 3 is 2.28 bits per heavy atom. The highest BCUT2D eigenvalue weighted by Gasteiger charge is 2.13. The van der Waals surface area contributed by atoms with Gasteiger partial charge in [0.25, 0.3) is 10.0 Å². The molecule has 4 nitrogen and oxygen atoms in total. The van der Waals surface area contributed by atoms with Gasteiger partial charge in [-0.1, -0.05) is 42.5 Å². The van der Waals surface area contributed by atoms with Gasteiger partial charge in [-0.2, -0.15) is 5.26 Å². The van der Waals surface area contributed by atoms with Gasteiger partial charge in [0.05, 0.1) is 4.90 Å². The third-order valence-corrected chi connectivity index (χ3v) is 3.67. The molecule has 0 radical (unpaired) electrons. The Morgan fingerprint density at radius 1 is 0.944 bits per heavy atom. The Hall–Kier alpha value is -2.32. The molecule has 0 saturated heterocycles. The molecule has 5 heteroatoms. The number of hydrogen-bond donors (Lipinski definition) is 1. The summed E-state index contributed by atoms with van der Waals surface area (Å²) in [7, 11) is -3.75. The van der Waals surface area contributed by atoms with Crippen LogP contribution in [0.4, 0.5) is 0 Å². The van der Waals surface area contributed by atoms with E-state index in [1.54, 1.807) is 10.8 Å². The van der Waals surface area contributed by atoms with E-state index < -0.39 is 10.0 Å². The lowest BCUT2D eigenvalue weighted by molar-refractivity contribution is 0.591. The van der Waals surface area contributed by atoms with E-state index in [9.17, 15) is 8.42 Å². The van der Waals surface area contributed by atoms with Crippen molar-refractivity contribution < 1.29 is 8.42 Å². The molecule has 0 aliphatic rings. The van der Waals surface area contributed by atoms with Crippen molar-refractivity contribution in [2.45, 2.75) is 4.90 Å². The topological polar surface area (TPSA) is 70.0 Å². The van der Waals surface area contributed by atoms with Gasteiger partial charge in [0.1, 0.15) is 0 Å². The summed E-state index contributed by atoms with van der Waals surface area (Å²) in [5.41, 5.74) is 1.71. The molecule has 1 N–H and O–H groups in total. The van der Waals surface area contributed by atoms with E-state index in [0.29, 0.717) is 0 Å². The maximum atomic E-state index is 11.7. The molecule has 0 atom stereocenters. The van der Waals surface area contributed by atoms with Crippen LogP contribution >= 0.6 is 0 Å². The predicted octanol–water partition coefficient (Wildman–Crippen LogP) is 2.11. The molecule has 2 aromatic rings. The average molecular weight is 258 g/mol. The van der Waals surface area contributed by atoms with Crippen LogP contribution in [0.15, 0.2) is 59.5 Å². The molecule has 0 amide bonds. The molecule has 18 heavy (non-hydrogen) atoms. The number of nitrogens with one attached hydrogen (secondary N) is 1. The summed E-state index contributed by atoms with van der Waals surface area (Å²) in [5, 5.41) is 8.41. The minimum Gasteiger partial charge on any atom is -0.215 e. The van der Waals surface area contributed by atoms with Gasteiger partial charge in [-0.05, 0) is 23.3 Å². The van der Waals surface area contributed by atoms with Crippen LogP contribution in [-0.4, -0.2) is 8.42 Å². The normalized spacial score (nSPS) is 10.6. The van der Waals surface area contributed by atoms with Crippen LogP contribution in [0, 0.1) is 11.5 Å². The maximum absolute atomic E-state index is 11.7. The molecule has 0 unspecified atom stereocenters. The molecule has 0 aliphatic carbocycles. The highest BCUT2D eigenvalue weighted by atomic mass is 32.2. The van der Waals surface area contributed by atoms with Crippen LogP contribution in [0.3, 0.4) is 0 Å². The van der Waals surface area contributed by atoms with Gasteiger partial charge in [0.2, 0.25) is 0 Å². The van der Waals surface area contributed by atoms with Crippen LogP contribution in [0.5, 0.6) is 0 Å². The Labute approximate surface area is 106 Å². The van der Waals surface area contributed by atoms with Crippen LogP contribution in [0.1, 0.15) is 0 Å². The number of nitrogens with zero attached hydrogens (tertiary/aromatic N) is 1. The highest BCUT2D eigenvalue weighted by molar-refractivity contribution is 7.89. The fraction of sp³-hybridized carbons (Fsp3) is 0. The highest BCUT2D eigenvalue weighted by Crippen LogP contribution is 2.21. The van der Waals surface area contributed by atoms with Crippen LogP contribution in [0.25, 0.3) is 11.1 Å². The van der Waals surface area contributed by atoms with E-state index in [2.05, 4.69) is 0 Å². The predicted molar refractivity (Wildman–Crippen MR) is 67.8 cm³/mol. The molecule has 0 spiro atoms. The zero-order valence-corrected chi connectivity index (χ0v) is 10.2. The molecule has 2 rings (SSSR count). The van der Waals surface area contributed by atoms with E-state index in [4.69, 9.17) is 5.26 Å². The fourth-order valence-electron chi connectivity index (χ4n) is 1.59. The van der Waals surface area contributed by atoms with Gasteiger partial charge < -0.3 is 0 Å². The average Bonchev–Trinajstić information content (AvgIpc) is 2.40. The molecular formula is C13H10N2O2S. The molecule has 0 bridgehead atoms. The fourth-order valence-corrected chi connectivity index (χ4v) is 2.37. The molecule has 0 saturated carbocycles. The zero-order chi connectivity index (χ0) is 13.0. The Morgan fingerprint density at radius 2 is 1.61 bits per heavy atom. The summed E-state index contributed by atoms with van der Waals surface area (Å²) < 4.78 is 25.2. The number of benzene rings is 2. The molecule has 0 aromatic heterocycles. The van der Waals surface area contributed by atoms with E-state index in [0.717, 1.165) is 11.1 Å².